The molecule has 4 heteroatoms. The summed E-state index contributed by atoms with van der Waals surface area (Å²) in [5, 5.41) is 0.607. The highest BCUT2D eigenvalue weighted by Crippen LogP contribution is 2.15. The molecule has 0 aromatic carbocycles. The topological polar surface area (TPSA) is 48.1 Å². The number of aromatic nitrogens is 1. The number of pyridine rings is 1. The second kappa shape index (κ2) is 5.83. The van der Waals surface area contributed by atoms with Crippen LogP contribution in [0.5, 0.6) is 0 Å². The molecule has 0 saturated heterocycles. The summed E-state index contributed by atoms with van der Waals surface area (Å²) in [5.41, 5.74) is 6.24. The molecular formula is C10H15ClN2O. The summed E-state index contributed by atoms with van der Waals surface area (Å²) < 4.78 is 5.39. The summed E-state index contributed by atoms with van der Waals surface area (Å²) in [6.07, 6.45) is 2.18. The molecule has 1 aromatic heterocycles. The van der Waals surface area contributed by atoms with Crippen molar-refractivity contribution in [2.75, 3.05) is 12.3 Å². The van der Waals surface area contributed by atoms with Crippen molar-refractivity contribution in [2.24, 2.45) is 0 Å². The first kappa shape index (κ1) is 11.3. The molecule has 2 N–H and O–H groups in total. The van der Waals surface area contributed by atoms with Crippen LogP contribution in [0.15, 0.2) is 12.1 Å². The van der Waals surface area contributed by atoms with Crippen molar-refractivity contribution in [3.63, 3.8) is 0 Å². The largest absolute Gasteiger partial charge is 0.384 e. The molecule has 0 aliphatic carbocycles. The normalized spacial score (nSPS) is 10.4. The first-order valence-corrected chi connectivity index (χ1v) is 5.10. The maximum Gasteiger partial charge on any atom is 0.123 e. The number of ether oxygens (including phenoxy) is 1. The molecule has 0 aliphatic heterocycles. The van der Waals surface area contributed by atoms with Crippen molar-refractivity contribution in [1.82, 2.24) is 4.98 Å². The second-order valence-corrected chi connectivity index (χ2v) is 3.48. The average molecular weight is 215 g/mol. The molecule has 0 fully saturated rings. The van der Waals surface area contributed by atoms with E-state index in [0.29, 0.717) is 23.1 Å². The van der Waals surface area contributed by atoms with Gasteiger partial charge in [0.1, 0.15) is 5.82 Å². The number of hydrogen-bond donors (Lipinski definition) is 1. The lowest BCUT2D eigenvalue weighted by molar-refractivity contribution is 0.115. The van der Waals surface area contributed by atoms with Gasteiger partial charge >= 0.3 is 0 Å². The molecular weight excluding hydrogens is 200 g/mol. The number of halogens is 1. The van der Waals surface area contributed by atoms with Crippen molar-refractivity contribution >= 4 is 17.4 Å². The Hall–Kier alpha value is -0.800. The van der Waals surface area contributed by atoms with Gasteiger partial charge in [0.05, 0.1) is 17.3 Å². The predicted octanol–water partition coefficient (Wildman–Crippen LogP) is 2.63. The van der Waals surface area contributed by atoms with Crippen LogP contribution in [0.25, 0.3) is 0 Å². The molecule has 0 unspecified atom stereocenters. The standard InChI is InChI=1S/C10H15ClN2O/c1-2-3-6-14-7-9-8(11)4-5-10(12)13-9/h4-5H,2-3,6-7H2,1H3,(H2,12,13). The zero-order valence-electron chi connectivity index (χ0n) is 8.29. The van der Waals surface area contributed by atoms with Crippen LogP contribution in [0.3, 0.4) is 0 Å². The van der Waals surface area contributed by atoms with Crippen molar-refractivity contribution in [1.29, 1.82) is 0 Å². The van der Waals surface area contributed by atoms with E-state index in [4.69, 9.17) is 22.1 Å². The Balaban J connectivity index is 2.45. The Kier molecular flexibility index (Phi) is 4.70. The van der Waals surface area contributed by atoms with Gasteiger partial charge in [-0.3, -0.25) is 0 Å². The van der Waals surface area contributed by atoms with Crippen LogP contribution in [-0.2, 0) is 11.3 Å². The minimum Gasteiger partial charge on any atom is -0.384 e. The zero-order valence-corrected chi connectivity index (χ0v) is 9.05. The van der Waals surface area contributed by atoms with Crippen LogP contribution in [-0.4, -0.2) is 11.6 Å². The van der Waals surface area contributed by atoms with E-state index >= 15 is 0 Å². The molecule has 0 atom stereocenters. The van der Waals surface area contributed by atoms with Crippen LogP contribution in [0.1, 0.15) is 25.5 Å². The van der Waals surface area contributed by atoms with Crippen molar-refractivity contribution in [3.8, 4) is 0 Å². The van der Waals surface area contributed by atoms with Crippen LogP contribution in [0, 0.1) is 0 Å². The van der Waals surface area contributed by atoms with E-state index in [1.54, 1.807) is 12.1 Å². The van der Waals surface area contributed by atoms with Gasteiger partial charge in [-0.1, -0.05) is 24.9 Å². The summed E-state index contributed by atoms with van der Waals surface area (Å²) in [6.45, 7) is 3.29. The summed E-state index contributed by atoms with van der Waals surface area (Å²) in [7, 11) is 0. The van der Waals surface area contributed by atoms with Crippen LogP contribution < -0.4 is 5.73 Å². The third kappa shape index (κ3) is 3.52. The van der Waals surface area contributed by atoms with Crippen LogP contribution >= 0.6 is 11.6 Å². The van der Waals surface area contributed by atoms with Crippen molar-refractivity contribution < 1.29 is 4.74 Å². The fraction of sp³-hybridized carbons (Fsp3) is 0.500. The van der Waals surface area contributed by atoms with E-state index in [1.165, 1.54) is 0 Å². The fourth-order valence-corrected chi connectivity index (χ4v) is 1.18. The first-order chi connectivity index (χ1) is 6.74. The average Bonchev–Trinajstić information content (AvgIpc) is 2.18. The first-order valence-electron chi connectivity index (χ1n) is 4.72. The smallest absolute Gasteiger partial charge is 0.123 e. The molecule has 3 nitrogen and oxygen atoms in total. The molecule has 0 spiro atoms. The van der Waals surface area contributed by atoms with Gasteiger partial charge in [0.25, 0.3) is 0 Å². The summed E-state index contributed by atoms with van der Waals surface area (Å²) >= 11 is 5.91. The lowest BCUT2D eigenvalue weighted by atomic mass is 10.3. The Morgan fingerprint density at radius 3 is 3.00 bits per heavy atom. The molecule has 0 radical (unpaired) electrons. The summed E-state index contributed by atoms with van der Waals surface area (Å²) in [5.74, 6) is 0.475. The van der Waals surface area contributed by atoms with E-state index in [9.17, 15) is 0 Å². The summed E-state index contributed by atoms with van der Waals surface area (Å²) in [6, 6.07) is 3.42. The monoisotopic (exact) mass is 214 g/mol. The highest BCUT2D eigenvalue weighted by atomic mass is 35.5. The fourth-order valence-electron chi connectivity index (χ4n) is 1.02. The Labute approximate surface area is 89.2 Å². The lowest BCUT2D eigenvalue weighted by Crippen LogP contribution is -2.00. The van der Waals surface area contributed by atoms with E-state index in [1.807, 2.05) is 0 Å². The van der Waals surface area contributed by atoms with E-state index in [0.717, 1.165) is 19.4 Å². The van der Waals surface area contributed by atoms with Crippen LogP contribution in [0.2, 0.25) is 5.02 Å². The molecule has 0 aliphatic rings. The lowest BCUT2D eigenvalue weighted by Gasteiger charge is -2.05. The number of hydrogen-bond acceptors (Lipinski definition) is 3. The Morgan fingerprint density at radius 1 is 1.50 bits per heavy atom. The Morgan fingerprint density at radius 2 is 2.29 bits per heavy atom. The number of nitrogens with two attached hydrogens (primary N) is 1. The molecule has 0 saturated carbocycles. The molecule has 1 heterocycles. The number of nitrogen functional groups attached to an aromatic ring is 1. The van der Waals surface area contributed by atoms with Gasteiger partial charge in [0.2, 0.25) is 0 Å². The highest BCUT2D eigenvalue weighted by Gasteiger charge is 2.02. The number of anilines is 1. The molecule has 1 rings (SSSR count). The van der Waals surface area contributed by atoms with Gasteiger partial charge in [-0.05, 0) is 18.6 Å². The SMILES string of the molecule is CCCCOCc1nc(N)ccc1Cl. The minimum absolute atomic E-state index is 0.434. The third-order valence-electron chi connectivity index (χ3n) is 1.82. The quantitative estimate of drug-likeness (QED) is 0.767. The molecule has 14 heavy (non-hydrogen) atoms. The van der Waals surface area contributed by atoms with Gasteiger partial charge in [0.15, 0.2) is 0 Å². The minimum atomic E-state index is 0.434. The van der Waals surface area contributed by atoms with Crippen molar-refractivity contribution in [3.05, 3.63) is 22.8 Å². The van der Waals surface area contributed by atoms with Gasteiger partial charge < -0.3 is 10.5 Å². The van der Waals surface area contributed by atoms with Crippen LogP contribution in [0.4, 0.5) is 5.82 Å². The van der Waals surface area contributed by atoms with Crippen molar-refractivity contribution in [2.45, 2.75) is 26.4 Å². The van der Waals surface area contributed by atoms with Gasteiger partial charge in [-0.2, -0.15) is 0 Å². The molecule has 0 amide bonds. The van der Waals surface area contributed by atoms with E-state index in [-0.39, 0.29) is 0 Å². The maximum absolute atomic E-state index is 5.91. The molecule has 1 aromatic rings. The summed E-state index contributed by atoms with van der Waals surface area (Å²) in [4.78, 5) is 4.09. The number of unbranched alkanes of at least 4 members (excludes halogenated alkanes) is 1. The third-order valence-corrected chi connectivity index (χ3v) is 2.17. The Bertz CT molecular complexity index is 291. The van der Waals surface area contributed by atoms with E-state index in [2.05, 4.69) is 11.9 Å². The zero-order chi connectivity index (χ0) is 10.4. The molecule has 78 valence electrons. The van der Waals surface area contributed by atoms with Gasteiger partial charge in [0, 0.05) is 6.61 Å². The predicted molar refractivity (Wildman–Crippen MR) is 58.2 cm³/mol. The van der Waals surface area contributed by atoms with E-state index < -0.39 is 0 Å². The number of nitrogens with zero attached hydrogens (tertiary/aromatic N) is 1. The highest BCUT2D eigenvalue weighted by molar-refractivity contribution is 6.31. The van der Waals surface area contributed by atoms with Gasteiger partial charge in [-0.25, -0.2) is 4.98 Å². The number of rotatable bonds is 5. The second-order valence-electron chi connectivity index (χ2n) is 3.07. The molecule has 0 bridgehead atoms. The maximum atomic E-state index is 5.91. The van der Waals surface area contributed by atoms with Gasteiger partial charge in [-0.15, -0.1) is 0 Å².